The number of aromatic nitrogens is 2. The largest absolute Gasteiger partial charge is 0.379 e. The summed E-state index contributed by atoms with van der Waals surface area (Å²) < 4.78 is 1.81. The summed E-state index contributed by atoms with van der Waals surface area (Å²) in [5, 5.41) is 7.30. The number of aryl methyl sites for hydroxylation is 4. The first-order valence-corrected chi connectivity index (χ1v) is 7.22. The van der Waals surface area contributed by atoms with E-state index in [1.54, 1.807) is 13.2 Å². The summed E-state index contributed by atoms with van der Waals surface area (Å²) in [4.78, 5) is 11.8. The molecule has 0 spiro atoms. The predicted molar refractivity (Wildman–Crippen MR) is 85.2 cm³/mol. The third-order valence-electron chi connectivity index (χ3n) is 3.37. The Balaban J connectivity index is 2.26. The number of nitrogens with zero attached hydrogens (tertiary/aromatic N) is 2. The van der Waals surface area contributed by atoms with Crippen molar-refractivity contribution in [2.45, 2.75) is 27.3 Å². The van der Waals surface area contributed by atoms with Crippen LogP contribution in [0.25, 0.3) is 0 Å². The fourth-order valence-electron chi connectivity index (χ4n) is 2.31. The van der Waals surface area contributed by atoms with Crippen molar-refractivity contribution in [1.82, 2.24) is 9.78 Å². The highest BCUT2D eigenvalue weighted by Crippen LogP contribution is 2.20. The van der Waals surface area contributed by atoms with Gasteiger partial charge in [0.15, 0.2) is 0 Å². The first-order chi connectivity index (χ1) is 9.40. The summed E-state index contributed by atoms with van der Waals surface area (Å²) in [6.45, 7) is 6.98. The maximum atomic E-state index is 11.8. The highest BCUT2D eigenvalue weighted by atomic mass is 79.9. The van der Waals surface area contributed by atoms with Crippen molar-refractivity contribution in [3.8, 4) is 0 Å². The Kier molecular flexibility index (Phi) is 4.28. The van der Waals surface area contributed by atoms with Gasteiger partial charge in [0.2, 0.25) is 0 Å². The van der Waals surface area contributed by atoms with E-state index in [4.69, 9.17) is 0 Å². The minimum Gasteiger partial charge on any atom is -0.379 e. The highest BCUT2D eigenvalue weighted by Gasteiger charge is 2.08. The van der Waals surface area contributed by atoms with Crippen LogP contribution in [0.2, 0.25) is 0 Å². The first kappa shape index (κ1) is 14.8. The summed E-state index contributed by atoms with van der Waals surface area (Å²) >= 11 is 3.32. The van der Waals surface area contributed by atoms with Gasteiger partial charge in [-0.05, 0) is 53.4 Å². The lowest BCUT2D eigenvalue weighted by Crippen LogP contribution is -2.21. The van der Waals surface area contributed by atoms with Crippen LogP contribution >= 0.6 is 15.9 Å². The lowest BCUT2D eigenvalue weighted by atomic mass is 10.00. The Labute approximate surface area is 127 Å². The predicted octanol–water partition coefficient (Wildman–Crippen LogP) is 3.08. The van der Waals surface area contributed by atoms with Gasteiger partial charge in [-0.2, -0.15) is 5.10 Å². The summed E-state index contributed by atoms with van der Waals surface area (Å²) in [6.07, 6.45) is 1.66. The average molecular weight is 336 g/mol. The number of halogens is 1. The van der Waals surface area contributed by atoms with Crippen molar-refractivity contribution in [3.63, 3.8) is 0 Å². The zero-order chi connectivity index (χ0) is 14.9. The quantitative estimate of drug-likeness (QED) is 0.937. The van der Waals surface area contributed by atoms with Crippen molar-refractivity contribution in [2.24, 2.45) is 7.05 Å². The van der Waals surface area contributed by atoms with Gasteiger partial charge in [-0.3, -0.25) is 4.79 Å². The summed E-state index contributed by atoms with van der Waals surface area (Å²) in [7, 11) is 1.63. The van der Waals surface area contributed by atoms with Gasteiger partial charge >= 0.3 is 0 Å². The van der Waals surface area contributed by atoms with Crippen LogP contribution in [0.3, 0.4) is 0 Å². The SMILES string of the molecule is Cc1cc(C)c(CNc2cnn(C)c(=O)c2Br)c(C)c1. The second-order valence-corrected chi connectivity index (χ2v) is 5.82. The van der Waals surface area contributed by atoms with Gasteiger partial charge in [0.1, 0.15) is 4.47 Å². The van der Waals surface area contributed by atoms with Gasteiger partial charge < -0.3 is 5.32 Å². The molecule has 2 aromatic rings. The van der Waals surface area contributed by atoms with Crippen molar-refractivity contribution in [1.29, 1.82) is 0 Å². The normalized spacial score (nSPS) is 10.7. The number of benzene rings is 1. The fourth-order valence-corrected chi connectivity index (χ4v) is 2.81. The van der Waals surface area contributed by atoms with Gasteiger partial charge in [0.05, 0.1) is 11.9 Å². The molecule has 0 fully saturated rings. The topological polar surface area (TPSA) is 46.9 Å². The van der Waals surface area contributed by atoms with Crippen LogP contribution in [0.5, 0.6) is 0 Å². The van der Waals surface area contributed by atoms with E-state index in [-0.39, 0.29) is 5.56 Å². The van der Waals surface area contributed by atoms with E-state index in [1.165, 1.54) is 26.9 Å². The van der Waals surface area contributed by atoms with Gasteiger partial charge in [-0.15, -0.1) is 0 Å². The molecule has 0 bridgehead atoms. The van der Waals surface area contributed by atoms with Gasteiger partial charge in [0, 0.05) is 13.6 Å². The highest BCUT2D eigenvalue weighted by molar-refractivity contribution is 9.10. The molecule has 0 aliphatic carbocycles. The number of anilines is 1. The second kappa shape index (κ2) is 5.79. The molecule has 1 aromatic carbocycles. The van der Waals surface area contributed by atoms with E-state index in [1.807, 2.05) is 0 Å². The van der Waals surface area contributed by atoms with Gasteiger partial charge in [-0.1, -0.05) is 17.7 Å². The van der Waals surface area contributed by atoms with Crippen LogP contribution in [-0.4, -0.2) is 9.78 Å². The van der Waals surface area contributed by atoms with E-state index in [2.05, 4.69) is 59.2 Å². The molecule has 1 aromatic heterocycles. The standard InChI is InChI=1S/C15H18BrN3O/c1-9-5-10(2)12(11(3)6-9)7-17-13-8-18-19(4)15(20)14(13)16/h5-6,8,17H,7H2,1-4H3. The number of nitrogens with one attached hydrogen (secondary N) is 1. The Hall–Kier alpha value is -1.62. The van der Waals surface area contributed by atoms with Gasteiger partial charge in [-0.25, -0.2) is 4.68 Å². The molecule has 20 heavy (non-hydrogen) atoms. The fraction of sp³-hybridized carbons (Fsp3) is 0.333. The molecular formula is C15H18BrN3O. The second-order valence-electron chi connectivity index (χ2n) is 5.03. The van der Waals surface area contributed by atoms with Crippen molar-refractivity contribution >= 4 is 21.6 Å². The van der Waals surface area contributed by atoms with E-state index >= 15 is 0 Å². The van der Waals surface area contributed by atoms with Gasteiger partial charge in [0.25, 0.3) is 5.56 Å². The molecule has 0 atom stereocenters. The average Bonchev–Trinajstić information content (AvgIpc) is 2.37. The molecular weight excluding hydrogens is 318 g/mol. The molecule has 0 radical (unpaired) electrons. The van der Waals surface area contributed by atoms with Crippen LogP contribution in [0, 0.1) is 20.8 Å². The zero-order valence-corrected chi connectivity index (χ0v) is 13.7. The lowest BCUT2D eigenvalue weighted by molar-refractivity contribution is 0.703. The Bertz CT molecular complexity index is 684. The number of hydrogen-bond acceptors (Lipinski definition) is 3. The van der Waals surface area contributed by atoms with Crippen LogP contribution in [0.1, 0.15) is 22.3 Å². The van der Waals surface area contributed by atoms with Crippen molar-refractivity contribution in [2.75, 3.05) is 5.32 Å². The summed E-state index contributed by atoms with van der Waals surface area (Å²) in [5.41, 5.74) is 5.59. The maximum absolute atomic E-state index is 11.8. The molecule has 1 heterocycles. The Morgan fingerprint density at radius 2 is 1.85 bits per heavy atom. The van der Waals surface area contributed by atoms with E-state index in [0.29, 0.717) is 16.7 Å². The Morgan fingerprint density at radius 3 is 2.45 bits per heavy atom. The maximum Gasteiger partial charge on any atom is 0.282 e. The monoisotopic (exact) mass is 335 g/mol. The molecule has 106 valence electrons. The van der Waals surface area contributed by atoms with E-state index < -0.39 is 0 Å². The van der Waals surface area contributed by atoms with Crippen molar-refractivity contribution < 1.29 is 0 Å². The molecule has 0 aliphatic heterocycles. The summed E-state index contributed by atoms with van der Waals surface area (Å²) in [6, 6.07) is 4.34. The zero-order valence-electron chi connectivity index (χ0n) is 12.1. The molecule has 0 unspecified atom stereocenters. The van der Waals surface area contributed by atoms with Crippen LogP contribution in [-0.2, 0) is 13.6 Å². The first-order valence-electron chi connectivity index (χ1n) is 6.42. The lowest BCUT2D eigenvalue weighted by Gasteiger charge is -2.14. The molecule has 0 amide bonds. The molecule has 0 saturated carbocycles. The molecule has 1 N–H and O–H groups in total. The van der Waals surface area contributed by atoms with E-state index in [0.717, 1.165) is 0 Å². The molecule has 2 rings (SSSR count). The Morgan fingerprint density at radius 1 is 1.25 bits per heavy atom. The van der Waals surface area contributed by atoms with Crippen molar-refractivity contribution in [3.05, 3.63) is 55.4 Å². The summed E-state index contributed by atoms with van der Waals surface area (Å²) in [5.74, 6) is 0. The third kappa shape index (κ3) is 2.93. The molecule has 0 saturated heterocycles. The minimum atomic E-state index is -0.146. The number of hydrogen-bond donors (Lipinski definition) is 1. The third-order valence-corrected chi connectivity index (χ3v) is 4.14. The van der Waals surface area contributed by atoms with Crippen LogP contribution in [0.4, 0.5) is 5.69 Å². The number of rotatable bonds is 3. The smallest absolute Gasteiger partial charge is 0.282 e. The van der Waals surface area contributed by atoms with E-state index in [9.17, 15) is 4.79 Å². The van der Waals surface area contributed by atoms with Crippen LogP contribution < -0.4 is 10.9 Å². The molecule has 0 aliphatic rings. The minimum absolute atomic E-state index is 0.146. The molecule has 4 nitrogen and oxygen atoms in total. The molecule has 5 heteroatoms. The van der Waals surface area contributed by atoms with Crippen LogP contribution in [0.15, 0.2) is 27.6 Å².